The third kappa shape index (κ3) is 3.71. The summed E-state index contributed by atoms with van der Waals surface area (Å²) in [7, 11) is 0. The molecule has 0 radical (unpaired) electrons. The molecule has 4 nitrogen and oxygen atoms in total. The van der Waals surface area contributed by atoms with E-state index in [9.17, 15) is 4.79 Å². The third-order valence-corrected chi connectivity index (χ3v) is 6.24. The van der Waals surface area contributed by atoms with Crippen molar-refractivity contribution in [3.05, 3.63) is 34.9 Å². The lowest BCUT2D eigenvalue weighted by atomic mass is 9.73. The minimum absolute atomic E-state index is 0.268. The van der Waals surface area contributed by atoms with Crippen molar-refractivity contribution in [3.63, 3.8) is 0 Å². The molecule has 1 aromatic carbocycles. The molecule has 0 atom stereocenters. The van der Waals surface area contributed by atoms with Gasteiger partial charge in [-0.3, -0.25) is 9.69 Å². The van der Waals surface area contributed by atoms with Gasteiger partial charge in [0.05, 0.1) is 5.41 Å². The lowest BCUT2D eigenvalue weighted by Crippen LogP contribution is -2.56. The van der Waals surface area contributed by atoms with Crippen LogP contribution in [0, 0.1) is 5.92 Å². The number of rotatable bonds is 4. The Balaban J connectivity index is 1.50. The van der Waals surface area contributed by atoms with Gasteiger partial charge in [-0.05, 0) is 49.3 Å². The number of hydrogen-bond donors (Lipinski definition) is 0. The Hall–Kier alpha value is -1.10. The first-order valence-electron chi connectivity index (χ1n) is 9.53. The third-order valence-electron chi connectivity index (χ3n) is 6.01. The van der Waals surface area contributed by atoms with E-state index in [-0.39, 0.29) is 5.91 Å². The molecule has 0 bridgehead atoms. The molecule has 2 heterocycles. The van der Waals surface area contributed by atoms with E-state index in [4.69, 9.17) is 16.3 Å². The zero-order chi connectivity index (χ0) is 17.3. The maximum Gasteiger partial charge on any atom is 0.233 e. The first kappa shape index (κ1) is 17.3. The number of hydrogen-bond acceptors (Lipinski definition) is 3. The number of carbonyl (C=O) groups is 1. The van der Waals surface area contributed by atoms with Crippen molar-refractivity contribution in [1.82, 2.24) is 9.80 Å². The molecule has 3 fully saturated rings. The molecule has 0 aromatic heterocycles. The molecule has 0 spiro atoms. The normalized spacial score (nSPS) is 24.3. The number of amides is 1. The summed E-state index contributed by atoms with van der Waals surface area (Å²) >= 11 is 6.23. The summed E-state index contributed by atoms with van der Waals surface area (Å²) in [4.78, 5) is 18.1. The number of ether oxygens (including phenoxy) is 1. The van der Waals surface area contributed by atoms with Gasteiger partial charge in [-0.15, -0.1) is 0 Å². The number of carbonyl (C=O) groups excluding carboxylic acids is 1. The van der Waals surface area contributed by atoms with Crippen LogP contribution in [0.2, 0.25) is 5.02 Å². The Bertz CT molecular complexity index is 618. The van der Waals surface area contributed by atoms with Gasteiger partial charge in [0.1, 0.15) is 0 Å². The summed E-state index contributed by atoms with van der Waals surface area (Å²) in [6.45, 7) is 6.19. The van der Waals surface area contributed by atoms with Crippen molar-refractivity contribution in [2.45, 2.75) is 31.1 Å². The van der Waals surface area contributed by atoms with Crippen molar-refractivity contribution in [1.29, 1.82) is 0 Å². The molecule has 1 aromatic rings. The molecule has 1 amide bonds. The van der Waals surface area contributed by atoms with Crippen LogP contribution in [0.1, 0.15) is 31.2 Å². The molecule has 2 saturated heterocycles. The summed E-state index contributed by atoms with van der Waals surface area (Å²) < 4.78 is 5.57. The number of nitrogens with zero attached hydrogens (tertiary/aromatic N) is 2. The van der Waals surface area contributed by atoms with E-state index in [1.54, 1.807) is 0 Å². The van der Waals surface area contributed by atoms with Crippen molar-refractivity contribution in [2.75, 3.05) is 45.9 Å². The molecule has 5 heteroatoms. The van der Waals surface area contributed by atoms with Crippen LogP contribution in [-0.4, -0.2) is 61.6 Å². The Labute approximate surface area is 155 Å². The van der Waals surface area contributed by atoms with Crippen molar-refractivity contribution >= 4 is 17.5 Å². The van der Waals surface area contributed by atoms with Gasteiger partial charge in [-0.1, -0.05) is 23.7 Å². The predicted molar refractivity (Wildman–Crippen MR) is 98.9 cm³/mol. The maximum atomic E-state index is 13.5. The van der Waals surface area contributed by atoms with Crippen LogP contribution in [0.3, 0.4) is 0 Å². The van der Waals surface area contributed by atoms with Gasteiger partial charge in [0.25, 0.3) is 0 Å². The summed E-state index contributed by atoms with van der Waals surface area (Å²) in [5.74, 6) is 1.18. The topological polar surface area (TPSA) is 32.8 Å². The quantitative estimate of drug-likeness (QED) is 0.825. The smallest absolute Gasteiger partial charge is 0.233 e. The van der Waals surface area contributed by atoms with Crippen molar-refractivity contribution in [2.24, 2.45) is 5.92 Å². The highest BCUT2D eigenvalue weighted by Crippen LogP contribution is 2.38. The Morgan fingerprint density at radius 3 is 2.52 bits per heavy atom. The summed E-state index contributed by atoms with van der Waals surface area (Å²) in [5.41, 5.74) is 0.579. The van der Waals surface area contributed by atoms with Gasteiger partial charge in [0, 0.05) is 51.0 Å². The van der Waals surface area contributed by atoms with Gasteiger partial charge in [0.2, 0.25) is 5.91 Å². The van der Waals surface area contributed by atoms with E-state index in [1.807, 2.05) is 18.2 Å². The van der Waals surface area contributed by atoms with Crippen LogP contribution in [0.5, 0.6) is 0 Å². The van der Waals surface area contributed by atoms with Crippen LogP contribution in [-0.2, 0) is 14.9 Å². The van der Waals surface area contributed by atoms with Crippen molar-refractivity contribution in [3.8, 4) is 0 Å². The zero-order valence-corrected chi connectivity index (χ0v) is 15.5. The van der Waals surface area contributed by atoms with Gasteiger partial charge in [-0.25, -0.2) is 0 Å². The summed E-state index contributed by atoms with van der Waals surface area (Å²) in [5, 5.41) is 0.699. The minimum atomic E-state index is -0.470. The van der Waals surface area contributed by atoms with Crippen LogP contribution >= 0.6 is 11.6 Å². The fourth-order valence-electron chi connectivity index (χ4n) is 4.23. The molecular weight excluding hydrogens is 336 g/mol. The summed E-state index contributed by atoms with van der Waals surface area (Å²) in [6.07, 6.45) is 4.26. The lowest BCUT2D eigenvalue weighted by molar-refractivity contribution is -0.143. The van der Waals surface area contributed by atoms with Crippen LogP contribution in [0.4, 0.5) is 0 Å². The lowest BCUT2D eigenvalue weighted by Gasteiger charge is -2.43. The van der Waals surface area contributed by atoms with E-state index >= 15 is 0 Å². The predicted octanol–water partition coefficient (Wildman–Crippen LogP) is 2.94. The standard InChI is InChI=1S/C20H27ClN2O2/c21-18-3-1-2-17(14-18)20(6-12-25-13-7-20)19(24)23-10-8-22(9-11-23)15-16-4-5-16/h1-3,14,16H,4-13,15H2. The molecular formula is C20H27ClN2O2. The Morgan fingerprint density at radius 2 is 1.88 bits per heavy atom. The molecule has 25 heavy (non-hydrogen) atoms. The molecule has 1 saturated carbocycles. The highest BCUT2D eigenvalue weighted by Gasteiger charge is 2.44. The molecule has 4 rings (SSSR count). The fourth-order valence-corrected chi connectivity index (χ4v) is 4.42. The molecule has 0 N–H and O–H groups in total. The van der Waals surface area contributed by atoms with Gasteiger partial charge in [-0.2, -0.15) is 0 Å². The van der Waals surface area contributed by atoms with Crippen molar-refractivity contribution < 1.29 is 9.53 Å². The number of piperazine rings is 1. The van der Waals surface area contributed by atoms with E-state index < -0.39 is 5.41 Å². The Morgan fingerprint density at radius 1 is 1.16 bits per heavy atom. The second kappa shape index (κ2) is 7.26. The van der Waals surface area contributed by atoms with Gasteiger partial charge >= 0.3 is 0 Å². The maximum absolute atomic E-state index is 13.5. The van der Waals surface area contributed by atoms with Gasteiger partial charge in [0.15, 0.2) is 0 Å². The van der Waals surface area contributed by atoms with Crippen LogP contribution < -0.4 is 0 Å². The average molecular weight is 363 g/mol. The number of halogens is 1. The van der Waals surface area contributed by atoms with Gasteiger partial charge < -0.3 is 9.64 Å². The molecule has 2 aliphatic heterocycles. The SMILES string of the molecule is O=C(N1CCN(CC2CC2)CC1)C1(c2cccc(Cl)c2)CCOCC1. The fraction of sp³-hybridized carbons (Fsp3) is 0.650. The summed E-state index contributed by atoms with van der Waals surface area (Å²) in [6, 6.07) is 7.85. The first-order chi connectivity index (χ1) is 12.2. The van der Waals surface area contributed by atoms with E-state index in [2.05, 4.69) is 15.9 Å². The molecule has 136 valence electrons. The van der Waals surface area contributed by atoms with E-state index in [0.29, 0.717) is 18.2 Å². The molecule has 0 unspecified atom stereocenters. The molecule has 1 aliphatic carbocycles. The second-order valence-corrected chi connectivity index (χ2v) is 8.18. The van der Waals surface area contributed by atoms with Crippen LogP contribution in [0.15, 0.2) is 24.3 Å². The minimum Gasteiger partial charge on any atom is -0.381 e. The van der Waals surface area contributed by atoms with E-state index in [1.165, 1.54) is 19.4 Å². The largest absolute Gasteiger partial charge is 0.381 e. The Kier molecular flexibility index (Phi) is 5.03. The highest BCUT2D eigenvalue weighted by atomic mass is 35.5. The first-order valence-corrected chi connectivity index (χ1v) is 9.91. The van der Waals surface area contributed by atoms with E-state index in [0.717, 1.165) is 50.5 Å². The zero-order valence-electron chi connectivity index (χ0n) is 14.8. The molecule has 3 aliphatic rings. The highest BCUT2D eigenvalue weighted by molar-refractivity contribution is 6.30. The van der Waals surface area contributed by atoms with Crippen LogP contribution in [0.25, 0.3) is 0 Å². The average Bonchev–Trinajstić information content (AvgIpc) is 3.46. The monoisotopic (exact) mass is 362 g/mol. The second-order valence-electron chi connectivity index (χ2n) is 7.74. The number of benzene rings is 1.